The molecule has 3 rings (SSSR count). The number of methoxy groups -OCH3 is 2. The molecular formula is C18H18N4O3. The lowest BCUT2D eigenvalue weighted by atomic mass is 10.2. The van der Waals surface area contributed by atoms with Gasteiger partial charge in [0.25, 0.3) is 0 Å². The molecule has 0 aliphatic heterocycles. The Labute approximate surface area is 144 Å². The third-order valence-corrected chi connectivity index (χ3v) is 3.74. The minimum atomic E-state index is -0.288. The van der Waals surface area contributed by atoms with Gasteiger partial charge < -0.3 is 14.8 Å². The summed E-state index contributed by atoms with van der Waals surface area (Å²) in [6, 6.07) is 7.32. The fourth-order valence-electron chi connectivity index (χ4n) is 2.50. The van der Waals surface area contributed by atoms with Crippen LogP contribution in [-0.4, -0.2) is 34.9 Å². The van der Waals surface area contributed by atoms with Crippen molar-refractivity contribution in [1.29, 1.82) is 0 Å². The summed E-state index contributed by atoms with van der Waals surface area (Å²) in [5.74, 6) is 1.03. The number of carbonyl (C=O) groups is 1. The normalized spacial score (nSPS) is 10.5. The number of hydrogen-bond acceptors (Lipinski definition) is 5. The molecule has 0 radical (unpaired) electrons. The van der Waals surface area contributed by atoms with Crippen molar-refractivity contribution in [3.8, 4) is 17.2 Å². The maximum Gasteiger partial charge on any atom is 0.247 e. The van der Waals surface area contributed by atoms with Gasteiger partial charge >= 0.3 is 0 Å². The summed E-state index contributed by atoms with van der Waals surface area (Å²) in [4.78, 5) is 15.9. The minimum Gasteiger partial charge on any atom is -0.497 e. The first-order valence-electron chi connectivity index (χ1n) is 7.58. The van der Waals surface area contributed by atoms with Crippen molar-refractivity contribution in [2.75, 3.05) is 19.5 Å². The number of hydrogen-bond donors (Lipinski definition) is 1. The molecule has 1 aromatic carbocycles. The molecule has 1 amide bonds. The summed E-state index contributed by atoms with van der Waals surface area (Å²) in [5.41, 5.74) is 2.82. The predicted molar refractivity (Wildman–Crippen MR) is 95.5 cm³/mol. The molecule has 7 heteroatoms. The molecule has 0 unspecified atom stereocenters. The van der Waals surface area contributed by atoms with Crippen LogP contribution < -0.4 is 14.8 Å². The van der Waals surface area contributed by atoms with Crippen LogP contribution in [0.1, 0.15) is 5.69 Å². The average Bonchev–Trinajstić information content (AvgIpc) is 2.97. The molecule has 0 bridgehead atoms. The summed E-state index contributed by atoms with van der Waals surface area (Å²) < 4.78 is 12.3. The van der Waals surface area contributed by atoms with Gasteiger partial charge in [-0.25, -0.2) is 9.67 Å². The number of pyridine rings is 1. The third-order valence-electron chi connectivity index (χ3n) is 3.74. The second kappa shape index (κ2) is 6.64. The van der Waals surface area contributed by atoms with Crippen LogP contribution >= 0.6 is 0 Å². The molecule has 1 N–H and O–H groups in total. The van der Waals surface area contributed by atoms with Crippen molar-refractivity contribution in [2.45, 2.75) is 6.92 Å². The zero-order valence-corrected chi connectivity index (χ0v) is 14.2. The number of benzene rings is 1. The molecule has 0 atom stereocenters. The largest absolute Gasteiger partial charge is 0.497 e. The minimum absolute atomic E-state index is 0.288. The number of nitrogens with zero attached hydrogens (tertiary/aromatic N) is 3. The van der Waals surface area contributed by atoms with Gasteiger partial charge in [0, 0.05) is 23.6 Å². The van der Waals surface area contributed by atoms with E-state index in [4.69, 9.17) is 9.47 Å². The second-order valence-electron chi connectivity index (χ2n) is 5.36. The monoisotopic (exact) mass is 338 g/mol. The Bertz CT molecular complexity index is 940. The number of ether oxygens (including phenoxy) is 2. The Morgan fingerprint density at radius 2 is 1.88 bits per heavy atom. The zero-order chi connectivity index (χ0) is 18.0. The molecule has 3 aromatic rings. The fraction of sp³-hybridized carbons (Fsp3) is 0.167. The van der Waals surface area contributed by atoms with Crippen molar-refractivity contribution in [3.63, 3.8) is 0 Å². The molecule has 0 aliphatic carbocycles. The smallest absolute Gasteiger partial charge is 0.247 e. The van der Waals surface area contributed by atoms with Crippen LogP contribution in [0, 0.1) is 6.92 Å². The third kappa shape index (κ3) is 3.16. The van der Waals surface area contributed by atoms with Crippen LogP contribution in [0.4, 0.5) is 5.69 Å². The van der Waals surface area contributed by atoms with E-state index in [9.17, 15) is 4.79 Å². The van der Waals surface area contributed by atoms with Crippen molar-refractivity contribution >= 4 is 22.6 Å². The molecule has 2 aromatic heterocycles. The van der Waals surface area contributed by atoms with E-state index in [0.29, 0.717) is 22.8 Å². The first kappa shape index (κ1) is 16.5. The number of amides is 1. The summed E-state index contributed by atoms with van der Waals surface area (Å²) in [7, 11) is 3.19. The summed E-state index contributed by atoms with van der Waals surface area (Å²) in [6.07, 6.45) is 2.79. The molecule has 0 fully saturated rings. The summed E-state index contributed by atoms with van der Waals surface area (Å²) >= 11 is 0. The first-order valence-corrected chi connectivity index (χ1v) is 7.58. The number of anilines is 1. The number of aromatic nitrogens is 3. The van der Waals surface area contributed by atoms with Gasteiger partial charge in [0.15, 0.2) is 5.65 Å². The van der Waals surface area contributed by atoms with Gasteiger partial charge in [0.05, 0.1) is 37.5 Å². The molecule has 0 saturated heterocycles. The Hall–Kier alpha value is -3.35. The van der Waals surface area contributed by atoms with E-state index in [0.717, 1.165) is 16.8 Å². The van der Waals surface area contributed by atoms with Gasteiger partial charge in [-0.2, -0.15) is 5.10 Å². The highest BCUT2D eigenvalue weighted by Gasteiger charge is 2.13. The molecule has 128 valence electrons. The van der Waals surface area contributed by atoms with Crippen LogP contribution in [0.5, 0.6) is 11.5 Å². The van der Waals surface area contributed by atoms with Gasteiger partial charge in [-0.15, -0.1) is 0 Å². The highest BCUT2D eigenvalue weighted by atomic mass is 16.5. The van der Waals surface area contributed by atoms with Crippen LogP contribution in [0.15, 0.2) is 43.1 Å². The summed E-state index contributed by atoms with van der Waals surface area (Å²) in [6.45, 7) is 5.33. The molecular weight excluding hydrogens is 320 g/mol. The predicted octanol–water partition coefficient (Wildman–Crippen LogP) is 2.87. The molecule has 0 aliphatic rings. The van der Waals surface area contributed by atoms with E-state index in [2.05, 4.69) is 22.0 Å². The highest BCUT2D eigenvalue weighted by molar-refractivity contribution is 6.00. The molecule has 25 heavy (non-hydrogen) atoms. The quantitative estimate of drug-likeness (QED) is 0.724. The maximum atomic E-state index is 11.5. The van der Waals surface area contributed by atoms with E-state index < -0.39 is 0 Å². The Morgan fingerprint density at radius 3 is 2.48 bits per heavy atom. The van der Waals surface area contributed by atoms with E-state index in [1.165, 1.54) is 6.08 Å². The number of fused-ring (bicyclic) bond motifs is 1. The topological polar surface area (TPSA) is 78.3 Å². The molecule has 2 heterocycles. The standard InChI is InChI=1S/C18H18N4O3/c1-5-17(23)20-12-6-16-11(2)21-22(18(16)19-10-12)13-7-14(24-3)9-15(8-13)25-4/h5-10H,1H2,2-4H3,(H,20,23). The summed E-state index contributed by atoms with van der Waals surface area (Å²) in [5, 5.41) is 8.10. The van der Waals surface area contributed by atoms with Crippen LogP contribution in [0.25, 0.3) is 16.7 Å². The zero-order valence-electron chi connectivity index (χ0n) is 14.2. The Morgan fingerprint density at radius 1 is 1.20 bits per heavy atom. The van der Waals surface area contributed by atoms with Crippen molar-refractivity contribution < 1.29 is 14.3 Å². The lowest BCUT2D eigenvalue weighted by Crippen LogP contribution is -2.07. The van der Waals surface area contributed by atoms with Crippen LogP contribution in [0.2, 0.25) is 0 Å². The fourth-order valence-corrected chi connectivity index (χ4v) is 2.50. The van der Waals surface area contributed by atoms with Gasteiger partial charge in [0.2, 0.25) is 5.91 Å². The first-order chi connectivity index (χ1) is 12.0. The SMILES string of the molecule is C=CC(=O)Nc1cnc2c(c1)c(C)nn2-c1cc(OC)cc(OC)c1. The van der Waals surface area contributed by atoms with Gasteiger partial charge in [0.1, 0.15) is 11.5 Å². The molecule has 7 nitrogen and oxygen atoms in total. The van der Waals surface area contributed by atoms with Gasteiger partial charge in [-0.05, 0) is 19.1 Å². The number of nitrogens with one attached hydrogen (secondary N) is 1. The average molecular weight is 338 g/mol. The number of aryl methyl sites for hydroxylation is 1. The van der Waals surface area contributed by atoms with Crippen molar-refractivity contribution in [3.05, 3.63) is 48.8 Å². The lowest BCUT2D eigenvalue weighted by molar-refractivity contribution is -0.111. The number of carbonyl (C=O) groups excluding carboxylic acids is 1. The van der Waals surface area contributed by atoms with Crippen LogP contribution in [0.3, 0.4) is 0 Å². The highest BCUT2D eigenvalue weighted by Crippen LogP contribution is 2.28. The van der Waals surface area contributed by atoms with Gasteiger partial charge in [-0.1, -0.05) is 6.58 Å². The number of rotatable bonds is 5. The second-order valence-corrected chi connectivity index (χ2v) is 5.36. The van der Waals surface area contributed by atoms with E-state index in [1.807, 2.05) is 25.1 Å². The lowest BCUT2D eigenvalue weighted by Gasteiger charge is -2.09. The molecule has 0 spiro atoms. The van der Waals surface area contributed by atoms with Gasteiger partial charge in [-0.3, -0.25) is 4.79 Å². The van der Waals surface area contributed by atoms with E-state index >= 15 is 0 Å². The Kier molecular flexibility index (Phi) is 4.38. The van der Waals surface area contributed by atoms with E-state index in [-0.39, 0.29) is 5.91 Å². The molecule has 0 saturated carbocycles. The van der Waals surface area contributed by atoms with Crippen LogP contribution in [-0.2, 0) is 4.79 Å². The Balaban J connectivity index is 2.12. The van der Waals surface area contributed by atoms with Crippen molar-refractivity contribution in [1.82, 2.24) is 14.8 Å². The maximum absolute atomic E-state index is 11.5. The van der Waals surface area contributed by atoms with Crippen molar-refractivity contribution in [2.24, 2.45) is 0 Å². The van der Waals surface area contributed by atoms with E-state index in [1.54, 1.807) is 31.2 Å².